The predicted octanol–water partition coefficient (Wildman–Crippen LogP) is -0.261. The summed E-state index contributed by atoms with van der Waals surface area (Å²) in [5, 5.41) is 2.51. The Hall–Kier alpha value is -3.51. The van der Waals surface area contributed by atoms with Crippen LogP contribution >= 0.6 is 0 Å². The van der Waals surface area contributed by atoms with Crippen molar-refractivity contribution < 1.29 is 22.4 Å². The molecule has 8 N–H and O–H groups in total. The van der Waals surface area contributed by atoms with Crippen LogP contribution in [-0.4, -0.2) is 44.8 Å². The summed E-state index contributed by atoms with van der Waals surface area (Å²) in [5.41, 5.74) is 16.8. The Morgan fingerprint density at radius 1 is 0.970 bits per heavy atom. The maximum Gasteiger partial charge on any atom is 0.241 e. The van der Waals surface area contributed by atoms with Crippen molar-refractivity contribution in [3.63, 3.8) is 0 Å². The van der Waals surface area contributed by atoms with Crippen molar-refractivity contribution in [2.45, 2.75) is 36.2 Å². The van der Waals surface area contributed by atoms with Gasteiger partial charge in [0.05, 0.1) is 4.90 Å². The van der Waals surface area contributed by atoms with Crippen LogP contribution in [0.5, 0.6) is 0 Å². The summed E-state index contributed by atoms with van der Waals surface area (Å²) in [6.07, 6.45) is 0.426. The van der Waals surface area contributed by atoms with E-state index in [4.69, 9.17) is 17.2 Å². The van der Waals surface area contributed by atoms with Gasteiger partial charge in [-0.1, -0.05) is 30.3 Å². The normalized spacial score (nSPS) is 13.0. The first-order chi connectivity index (χ1) is 15.6. The van der Waals surface area contributed by atoms with E-state index in [-0.39, 0.29) is 36.7 Å². The van der Waals surface area contributed by atoms with E-state index in [2.05, 4.69) is 15.0 Å². The highest BCUT2D eigenvalue weighted by molar-refractivity contribution is 7.89. The van der Waals surface area contributed by atoms with Gasteiger partial charge in [0.2, 0.25) is 21.8 Å². The number of sulfonamides is 1. The molecule has 0 aromatic heterocycles. The van der Waals surface area contributed by atoms with E-state index < -0.39 is 39.7 Å². The minimum absolute atomic E-state index is 0.0276. The number of primary amides is 1. The molecule has 0 aliphatic carbocycles. The first-order valence-corrected chi connectivity index (χ1v) is 11.5. The SMILES string of the molecule is NC(=O)C(Cc1ccccc1)NC(=O)C(CCCN=C(N)N)NS(=O)(=O)c1ccc(F)cc1. The second-order valence-electron chi connectivity index (χ2n) is 7.23. The van der Waals surface area contributed by atoms with Crippen molar-refractivity contribution in [2.75, 3.05) is 6.54 Å². The van der Waals surface area contributed by atoms with E-state index in [9.17, 15) is 22.4 Å². The number of nitrogens with one attached hydrogen (secondary N) is 2. The molecule has 178 valence electrons. The van der Waals surface area contributed by atoms with Crippen LogP contribution in [0, 0.1) is 5.82 Å². The molecular weight excluding hydrogens is 451 g/mol. The number of hydrogen-bond acceptors (Lipinski definition) is 5. The van der Waals surface area contributed by atoms with Crippen LogP contribution in [-0.2, 0) is 26.0 Å². The number of hydrogen-bond donors (Lipinski definition) is 5. The minimum Gasteiger partial charge on any atom is -0.370 e. The fourth-order valence-electron chi connectivity index (χ4n) is 2.96. The van der Waals surface area contributed by atoms with E-state index in [1.54, 1.807) is 30.3 Å². The highest BCUT2D eigenvalue weighted by Crippen LogP contribution is 2.12. The molecule has 0 heterocycles. The molecule has 0 aliphatic rings. The second kappa shape index (κ2) is 11.9. The number of halogens is 1. The first-order valence-electron chi connectivity index (χ1n) is 10.1. The zero-order chi connectivity index (χ0) is 24.4. The molecule has 2 atom stereocenters. The molecule has 0 bridgehead atoms. The summed E-state index contributed by atoms with van der Waals surface area (Å²) < 4.78 is 41.0. The van der Waals surface area contributed by atoms with Gasteiger partial charge in [-0.3, -0.25) is 14.6 Å². The maximum atomic E-state index is 13.2. The number of benzene rings is 2. The second-order valence-corrected chi connectivity index (χ2v) is 8.94. The molecule has 0 fully saturated rings. The average molecular weight is 479 g/mol. The van der Waals surface area contributed by atoms with Gasteiger partial charge in [-0.05, 0) is 42.7 Å². The standard InChI is InChI=1S/C21H27FN6O4S/c22-15-8-10-16(11-9-15)33(31,32)28-17(7-4-12-26-21(24)25)20(30)27-18(19(23)29)13-14-5-2-1-3-6-14/h1-3,5-6,8-11,17-18,28H,4,7,12-13H2,(H2,23,29)(H,27,30)(H4,24,25,26). The minimum atomic E-state index is -4.17. The number of amides is 2. The molecule has 12 heteroatoms. The maximum absolute atomic E-state index is 13.2. The van der Waals surface area contributed by atoms with Gasteiger partial charge in [-0.2, -0.15) is 4.72 Å². The van der Waals surface area contributed by atoms with Gasteiger partial charge in [0.1, 0.15) is 17.9 Å². The summed E-state index contributed by atoms with van der Waals surface area (Å²) in [6.45, 7) is 0.160. The molecule has 2 amide bonds. The molecule has 0 radical (unpaired) electrons. The third kappa shape index (κ3) is 8.50. The molecular formula is C21H27FN6O4S. The van der Waals surface area contributed by atoms with Gasteiger partial charge in [0.25, 0.3) is 0 Å². The third-order valence-electron chi connectivity index (χ3n) is 4.63. The Labute approximate surface area is 191 Å². The summed E-state index contributed by atoms with van der Waals surface area (Å²) in [4.78, 5) is 28.5. The van der Waals surface area contributed by atoms with Crippen molar-refractivity contribution in [1.82, 2.24) is 10.0 Å². The summed E-state index contributed by atoms with van der Waals surface area (Å²) in [7, 11) is -4.17. The molecule has 0 spiro atoms. The molecule has 2 rings (SSSR count). The van der Waals surface area contributed by atoms with Crippen molar-refractivity contribution in [1.29, 1.82) is 0 Å². The lowest BCUT2D eigenvalue weighted by Crippen LogP contribution is -2.53. The van der Waals surface area contributed by atoms with E-state index in [0.29, 0.717) is 0 Å². The van der Waals surface area contributed by atoms with Crippen LogP contribution in [0.3, 0.4) is 0 Å². The van der Waals surface area contributed by atoms with Gasteiger partial charge in [0.15, 0.2) is 5.96 Å². The van der Waals surface area contributed by atoms with Crippen LogP contribution in [0.25, 0.3) is 0 Å². The summed E-state index contributed by atoms with van der Waals surface area (Å²) in [6, 6.07) is 10.7. The van der Waals surface area contributed by atoms with Gasteiger partial charge >= 0.3 is 0 Å². The summed E-state index contributed by atoms with van der Waals surface area (Å²) >= 11 is 0. The number of carbonyl (C=O) groups excluding carboxylic acids is 2. The van der Waals surface area contributed by atoms with Crippen molar-refractivity contribution in [3.8, 4) is 0 Å². The smallest absolute Gasteiger partial charge is 0.241 e. The van der Waals surface area contributed by atoms with E-state index in [0.717, 1.165) is 29.8 Å². The van der Waals surface area contributed by atoms with E-state index in [1.165, 1.54) is 0 Å². The molecule has 2 unspecified atom stereocenters. The molecule has 33 heavy (non-hydrogen) atoms. The van der Waals surface area contributed by atoms with Crippen LogP contribution in [0.4, 0.5) is 4.39 Å². The van der Waals surface area contributed by atoms with Crippen LogP contribution in [0.2, 0.25) is 0 Å². The van der Waals surface area contributed by atoms with Crippen molar-refractivity contribution in [3.05, 3.63) is 66.0 Å². The fourth-order valence-corrected chi connectivity index (χ4v) is 4.19. The topological polar surface area (TPSA) is 183 Å². The number of aliphatic imine (C=N–C) groups is 1. The first kappa shape index (κ1) is 25.7. The van der Waals surface area contributed by atoms with Gasteiger partial charge in [0, 0.05) is 13.0 Å². The Balaban J connectivity index is 2.19. The summed E-state index contributed by atoms with van der Waals surface area (Å²) in [5.74, 6) is -2.26. The van der Waals surface area contributed by atoms with Crippen molar-refractivity contribution in [2.24, 2.45) is 22.2 Å². The number of guanidine groups is 1. The number of carbonyl (C=O) groups is 2. The van der Waals surface area contributed by atoms with E-state index in [1.807, 2.05) is 0 Å². The molecule has 2 aromatic rings. The molecule has 0 saturated carbocycles. The fraction of sp³-hybridized carbons (Fsp3) is 0.286. The zero-order valence-corrected chi connectivity index (χ0v) is 18.6. The molecule has 0 aliphatic heterocycles. The lowest BCUT2D eigenvalue weighted by Gasteiger charge is -2.22. The third-order valence-corrected chi connectivity index (χ3v) is 6.11. The van der Waals surface area contributed by atoms with Crippen LogP contribution in [0.1, 0.15) is 18.4 Å². The number of nitrogens with zero attached hydrogens (tertiary/aromatic N) is 1. The van der Waals surface area contributed by atoms with Crippen LogP contribution in [0.15, 0.2) is 64.5 Å². The Kier molecular flexibility index (Phi) is 9.30. The largest absolute Gasteiger partial charge is 0.370 e. The molecule has 10 nitrogen and oxygen atoms in total. The molecule has 0 saturated heterocycles. The predicted molar refractivity (Wildman–Crippen MR) is 122 cm³/mol. The van der Waals surface area contributed by atoms with Gasteiger partial charge in [-0.15, -0.1) is 0 Å². The zero-order valence-electron chi connectivity index (χ0n) is 17.8. The van der Waals surface area contributed by atoms with Gasteiger partial charge < -0.3 is 22.5 Å². The molecule has 2 aromatic carbocycles. The Morgan fingerprint density at radius 3 is 2.18 bits per heavy atom. The average Bonchev–Trinajstić information content (AvgIpc) is 2.76. The number of rotatable bonds is 12. The van der Waals surface area contributed by atoms with Gasteiger partial charge in [-0.25, -0.2) is 12.8 Å². The Morgan fingerprint density at radius 2 is 1.61 bits per heavy atom. The van der Waals surface area contributed by atoms with Crippen molar-refractivity contribution >= 4 is 27.8 Å². The highest BCUT2D eigenvalue weighted by atomic mass is 32.2. The lowest BCUT2D eigenvalue weighted by atomic mass is 10.0. The quantitative estimate of drug-likeness (QED) is 0.159. The number of nitrogens with two attached hydrogens (primary N) is 3. The lowest BCUT2D eigenvalue weighted by molar-refractivity contribution is -0.128. The van der Waals surface area contributed by atoms with Crippen LogP contribution < -0.4 is 27.2 Å². The van der Waals surface area contributed by atoms with E-state index >= 15 is 0 Å². The monoisotopic (exact) mass is 478 g/mol. The Bertz CT molecular complexity index is 1070. The highest BCUT2D eigenvalue weighted by Gasteiger charge is 2.28.